The van der Waals surface area contributed by atoms with Crippen molar-refractivity contribution in [1.29, 1.82) is 5.26 Å². The van der Waals surface area contributed by atoms with E-state index in [4.69, 9.17) is 4.74 Å². The van der Waals surface area contributed by atoms with Crippen LogP contribution in [0.25, 0.3) is 11.3 Å². The van der Waals surface area contributed by atoms with Crippen LogP contribution >= 0.6 is 0 Å². The number of aromatic nitrogens is 2. The van der Waals surface area contributed by atoms with E-state index in [1.165, 1.54) is 12.8 Å². The molecule has 0 unspecified atom stereocenters. The largest absolute Gasteiger partial charge is 0.491 e. The summed E-state index contributed by atoms with van der Waals surface area (Å²) in [7, 11) is 0. The van der Waals surface area contributed by atoms with Gasteiger partial charge in [0.1, 0.15) is 17.4 Å². The summed E-state index contributed by atoms with van der Waals surface area (Å²) in [5.41, 5.74) is 0.812. The third-order valence-corrected chi connectivity index (χ3v) is 4.42. The van der Waals surface area contributed by atoms with E-state index >= 15 is 0 Å². The van der Waals surface area contributed by atoms with Crippen molar-refractivity contribution in [2.75, 3.05) is 18.0 Å². The molecule has 0 saturated carbocycles. The average Bonchev–Trinajstić information content (AvgIpc) is 2.90. The minimum atomic E-state index is -0.390. The van der Waals surface area contributed by atoms with Gasteiger partial charge in [-0.1, -0.05) is 12.8 Å². The first-order chi connectivity index (χ1) is 12.6. The van der Waals surface area contributed by atoms with Crippen LogP contribution in [0.5, 0.6) is 5.75 Å². The molecule has 0 atom stereocenters. The number of ether oxygens (including phenoxy) is 1. The highest BCUT2D eigenvalue weighted by Gasteiger charge is 2.18. The number of nitrogens with zero attached hydrogens (tertiary/aromatic N) is 3. The van der Waals surface area contributed by atoms with Crippen molar-refractivity contribution in [3.05, 3.63) is 40.2 Å². The molecule has 3 rings (SSSR count). The van der Waals surface area contributed by atoms with Crippen LogP contribution in [0.4, 0.5) is 5.95 Å². The molecule has 6 nitrogen and oxygen atoms in total. The number of hydrogen-bond donors (Lipinski definition) is 1. The van der Waals surface area contributed by atoms with Crippen molar-refractivity contribution in [2.45, 2.75) is 45.6 Å². The molecule has 0 bridgehead atoms. The summed E-state index contributed by atoms with van der Waals surface area (Å²) in [5, 5.41) is 9.43. The standard InChI is InChI=1S/C20H24N4O2/c1-14(2)26-16-9-7-15(8-10-16)18-17(13-21)19(25)23-20(22-18)24-11-5-3-4-6-12-24/h7-10,14H,3-6,11-12H2,1-2H3,(H,22,23,25). The summed E-state index contributed by atoms with van der Waals surface area (Å²) < 4.78 is 5.66. The van der Waals surface area contributed by atoms with Crippen molar-refractivity contribution < 1.29 is 4.74 Å². The van der Waals surface area contributed by atoms with Gasteiger partial charge < -0.3 is 9.64 Å². The fourth-order valence-corrected chi connectivity index (χ4v) is 3.17. The van der Waals surface area contributed by atoms with Gasteiger partial charge in [0, 0.05) is 18.7 Å². The van der Waals surface area contributed by atoms with Crippen LogP contribution in [-0.4, -0.2) is 29.2 Å². The van der Waals surface area contributed by atoms with E-state index < -0.39 is 0 Å². The summed E-state index contributed by atoms with van der Waals surface area (Å²) in [4.78, 5) is 22.0. The second-order valence-electron chi connectivity index (χ2n) is 6.82. The molecule has 2 heterocycles. The third kappa shape index (κ3) is 4.05. The molecule has 1 aliphatic heterocycles. The van der Waals surface area contributed by atoms with Crippen molar-refractivity contribution in [1.82, 2.24) is 9.97 Å². The molecule has 0 spiro atoms. The topological polar surface area (TPSA) is 82.0 Å². The molecule has 1 aliphatic rings. The Morgan fingerprint density at radius 2 is 1.81 bits per heavy atom. The van der Waals surface area contributed by atoms with Gasteiger partial charge in [-0.25, -0.2) is 4.98 Å². The van der Waals surface area contributed by atoms with Crippen LogP contribution in [0.2, 0.25) is 0 Å². The Morgan fingerprint density at radius 3 is 2.38 bits per heavy atom. The Hall–Kier alpha value is -2.81. The molecule has 2 aromatic rings. The van der Waals surface area contributed by atoms with E-state index in [9.17, 15) is 10.1 Å². The smallest absolute Gasteiger partial charge is 0.270 e. The zero-order chi connectivity index (χ0) is 18.5. The Kier molecular flexibility index (Phi) is 5.57. The van der Waals surface area contributed by atoms with Crippen LogP contribution in [0, 0.1) is 11.3 Å². The van der Waals surface area contributed by atoms with E-state index in [2.05, 4.69) is 14.9 Å². The van der Waals surface area contributed by atoms with Crippen LogP contribution in [-0.2, 0) is 0 Å². The molecular weight excluding hydrogens is 328 g/mol. The lowest BCUT2D eigenvalue weighted by Crippen LogP contribution is -2.29. The molecule has 136 valence electrons. The number of hydrogen-bond acceptors (Lipinski definition) is 5. The first-order valence-corrected chi connectivity index (χ1v) is 9.15. The lowest BCUT2D eigenvalue weighted by Gasteiger charge is -2.21. The van der Waals surface area contributed by atoms with Crippen LogP contribution in [0.3, 0.4) is 0 Å². The summed E-state index contributed by atoms with van der Waals surface area (Å²) in [6.07, 6.45) is 4.64. The molecule has 26 heavy (non-hydrogen) atoms. The van der Waals surface area contributed by atoms with Crippen molar-refractivity contribution in [2.24, 2.45) is 0 Å². The first kappa shape index (κ1) is 18.0. The molecule has 1 fully saturated rings. The number of benzene rings is 1. The van der Waals surface area contributed by atoms with Gasteiger partial charge >= 0.3 is 0 Å². The van der Waals surface area contributed by atoms with E-state index in [0.717, 1.165) is 37.2 Å². The number of rotatable bonds is 4. The van der Waals surface area contributed by atoms with Gasteiger partial charge in [-0.05, 0) is 51.0 Å². The Balaban J connectivity index is 1.99. The van der Waals surface area contributed by atoms with Crippen molar-refractivity contribution >= 4 is 5.95 Å². The maximum Gasteiger partial charge on any atom is 0.270 e. The molecule has 1 N–H and O–H groups in total. The zero-order valence-electron chi connectivity index (χ0n) is 15.3. The average molecular weight is 352 g/mol. The van der Waals surface area contributed by atoms with Gasteiger partial charge in [-0.3, -0.25) is 9.78 Å². The molecule has 1 aromatic carbocycles. The van der Waals surface area contributed by atoms with E-state index in [0.29, 0.717) is 11.6 Å². The monoisotopic (exact) mass is 352 g/mol. The molecule has 0 aliphatic carbocycles. The normalized spacial score (nSPS) is 14.8. The van der Waals surface area contributed by atoms with Crippen molar-refractivity contribution in [3.63, 3.8) is 0 Å². The van der Waals surface area contributed by atoms with Gasteiger partial charge in [0.05, 0.1) is 11.8 Å². The third-order valence-electron chi connectivity index (χ3n) is 4.42. The molecule has 0 amide bonds. The SMILES string of the molecule is CC(C)Oc1ccc(-c2nc(N3CCCCCC3)[nH]c(=O)c2C#N)cc1. The number of nitriles is 1. The summed E-state index contributed by atoms with van der Waals surface area (Å²) in [5.74, 6) is 1.30. The van der Waals surface area contributed by atoms with Crippen LogP contribution < -0.4 is 15.2 Å². The van der Waals surface area contributed by atoms with E-state index in [1.807, 2.05) is 44.2 Å². The molecule has 6 heteroatoms. The number of anilines is 1. The highest BCUT2D eigenvalue weighted by atomic mass is 16.5. The Morgan fingerprint density at radius 1 is 1.15 bits per heavy atom. The summed E-state index contributed by atoms with van der Waals surface area (Å²) in [6, 6.07) is 9.35. The Bertz CT molecular complexity index is 842. The second-order valence-corrected chi connectivity index (χ2v) is 6.82. The molecule has 0 radical (unpaired) electrons. The fourth-order valence-electron chi connectivity index (χ4n) is 3.17. The highest BCUT2D eigenvalue weighted by Crippen LogP contribution is 2.25. The lowest BCUT2D eigenvalue weighted by atomic mass is 10.1. The predicted molar refractivity (Wildman–Crippen MR) is 101 cm³/mol. The van der Waals surface area contributed by atoms with Gasteiger partial charge in [0.15, 0.2) is 0 Å². The van der Waals surface area contributed by atoms with E-state index in [-0.39, 0.29) is 17.2 Å². The van der Waals surface area contributed by atoms with Crippen molar-refractivity contribution in [3.8, 4) is 23.1 Å². The maximum absolute atomic E-state index is 12.4. The number of nitrogens with one attached hydrogen (secondary N) is 1. The zero-order valence-corrected chi connectivity index (χ0v) is 15.3. The minimum absolute atomic E-state index is 0.0427. The molecule has 1 aromatic heterocycles. The first-order valence-electron chi connectivity index (χ1n) is 9.15. The summed E-state index contributed by atoms with van der Waals surface area (Å²) >= 11 is 0. The predicted octanol–water partition coefficient (Wildman–Crippen LogP) is 3.48. The number of aromatic amines is 1. The minimum Gasteiger partial charge on any atom is -0.491 e. The lowest BCUT2D eigenvalue weighted by molar-refractivity contribution is 0.242. The number of H-pyrrole nitrogens is 1. The van der Waals surface area contributed by atoms with Gasteiger partial charge in [-0.15, -0.1) is 0 Å². The quantitative estimate of drug-likeness (QED) is 0.911. The van der Waals surface area contributed by atoms with E-state index in [1.54, 1.807) is 0 Å². The fraction of sp³-hybridized carbons (Fsp3) is 0.450. The summed E-state index contributed by atoms with van der Waals surface area (Å²) in [6.45, 7) is 5.67. The maximum atomic E-state index is 12.4. The highest BCUT2D eigenvalue weighted by molar-refractivity contribution is 5.67. The molecule has 1 saturated heterocycles. The molecular formula is C20H24N4O2. The van der Waals surface area contributed by atoms with Gasteiger partial charge in [0.2, 0.25) is 5.95 Å². The van der Waals surface area contributed by atoms with Gasteiger partial charge in [0.25, 0.3) is 5.56 Å². The second kappa shape index (κ2) is 8.05. The van der Waals surface area contributed by atoms with Crippen LogP contribution in [0.15, 0.2) is 29.1 Å². The van der Waals surface area contributed by atoms with Crippen LogP contribution in [0.1, 0.15) is 45.1 Å². The van der Waals surface area contributed by atoms with Gasteiger partial charge in [-0.2, -0.15) is 5.26 Å². The Labute approximate surface area is 153 Å².